The third-order valence-electron chi connectivity index (χ3n) is 7.02. The van der Waals surface area contributed by atoms with E-state index in [4.69, 9.17) is 16.3 Å². The quantitative estimate of drug-likeness (QED) is 0.274. The molecule has 11 heteroatoms. The Morgan fingerprint density at radius 2 is 1.73 bits per heavy atom. The number of hydrogen-bond donors (Lipinski definition) is 2. The van der Waals surface area contributed by atoms with Crippen LogP contribution in [0, 0.1) is 0 Å². The molecule has 0 spiro atoms. The van der Waals surface area contributed by atoms with Gasteiger partial charge in [-0.3, -0.25) is 9.89 Å². The van der Waals surface area contributed by atoms with Crippen LogP contribution in [0.4, 0.5) is 5.69 Å². The van der Waals surface area contributed by atoms with Gasteiger partial charge in [0.2, 0.25) is 11.8 Å². The molecular formula is C29H35Cl3N6O2. The molecule has 1 unspecified atom stereocenters. The van der Waals surface area contributed by atoms with Crippen molar-refractivity contribution >= 4 is 59.0 Å². The summed E-state index contributed by atoms with van der Waals surface area (Å²) in [6, 6.07) is 18.1. The van der Waals surface area contributed by atoms with Crippen molar-refractivity contribution in [1.29, 1.82) is 0 Å². The van der Waals surface area contributed by atoms with E-state index in [0.29, 0.717) is 49.3 Å². The van der Waals surface area contributed by atoms with Crippen molar-refractivity contribution < 1.29 is 9.53 Å². The number of piperazine rings is 1. The first-order valence-corrected chi connectivity index (χ1v) is 13.3. The van der Waals surface area contributed by atoms with Crippen molar-refractivity contribution in [3.63, 3.8) is 0 Å². The maximum Gasteiger partial charge on any atom is 0.244 e. The van der Waals surface area contributed by atoms with Crippen molar-refractivity contribution in [2.75, 3.05) is 44.7 Å². The number of hydrogen-bond acceptors (Lipinski definition) is 6. The third-order valence-corrected chi connectivity index (χ3v) is 7.27. The van der Waals surface area contributed by atoms with Crippen LogP contribution in [0.5, 0.6) is 5.88 Å². The summed E-state index contributed by atoms with van der Waals surface area (Å²) in [6.45, 7) is 7.35. The lowest BCUT2D eigenvalue weighted by molar-refractivity contribution is -0.133. The maximum absolute atomic E-state index is 13.8. The number of carbonyl (C=O) groups excluding carboxylic acids is 1. The summed E-state index contributed by atoms with van der Waals surface area (Å²) in [5, 5.41) is 12.3. The molecule has 1 aliphatic heterocycles. The average molecular weight is 606 g/mol. The predicted molar refractivity (Wildman–Crippen MR) is 166 cm³/mol. The van der Waals surface area contributed by atoms with E-state index in [0.717, 1.165) is 27.8 Å². The van der Waals surface area contributed by atoms with Crippen LogP contribution in [0.25, 0.3) is 22.2 Å². The summed E-state index contributed by atoms with van der Waals surface area (Å²) in [4.78, 5) is 22.7. The highest BCUT2D eigenvalue weighted by Gasteiger charge is 2.31. The Kier molecular flexibility index (Phi) is 11.0. The molecule has 0 bridgehead atoms. The molecule has 0 radical (unpaired) electrons. The van der Waals surface area contributed by atoms with Crippen molar-refractivity contribution in [2.24, 2.45) is 0 Å². The van der Waals surface area contributed by atoms with Gasteiger partial charge in [0.1, 0.15) is 5.39 Å². The number of nitrogens with one attached hydrogen (secondary N) is 2. The molecular weight excluding hydrogens is 571 g/mol. The van der Waals surface area contributed by atoms with Gasteiger partial charge in [-0.2, -0.15) is 0 Å². The second kappa shape index (κ2) is 14.0. The standard InChI is InChI=1S/C29H33ClN6O2.2ClH/c1-19(2)31-18-24(21-9-11-22(30)12-10-21)29(37)36-15-13-35(14-16-36)26-23(20-7-5-4-6-8-20)17-32-27-25(26)28(38-3)34-33-27;;/h4-12,17,19,24,31H,13-16,18H2,1-3H3,(H,32,33,34);2*1H. The highest BCUT2D eigenvalue weighted by atomic mass is 35.5. The molecule has 1 amide bonds. The molecule has 5 rings (SSSR count). The topological polar surface area (TPSA) is 86.4 Å². The van der Waals surface area contributed by atoms with Crippen LogP contribution < -0.4 is 15.0 Å². The second-order valence-electron chi connectivity index (χ2n) is 9.82. The molecule has 0 saturated carbocycles. The summed E-state index contributed by atoms with van der Waals surface area (Å²) in [6.07, 6.45) is 1.89. The Hall–Kier alpha value is -3.04. The Labute approximate surface area is 252 Å². The van der Waals surface area contributed by atoms with Gasteiger partial charge >= 0.3 is 0 Å². The van der Waals surface area contributed by atoms with Gasteiger partial charge in [-0.15, -0.1) is 29.9 Å². The molecule has 40 heavy (non-hydrogen) atoms. The van der Waals surface area contributed by atoms with E-state index < -0.39 is 0 Å². The molecule has 1 fully saturated rings. The molecule has 3 heterocycles. The second-order valence-corrected chi connectivity index (χ2v) is 10.3. The van der Waals surface area contributed by atoms with E-state index in [2.05, 4.69) is 51.4 Å². The first-order valence-electron chi connectivity index (χ1n) is 12.9. The minimum atomic E-state index is -0.275. The summed E-state index contributed by atoms with van der Waals surface area (Å²) >= 11 is 6.12. The lowest BCUT2D eigenvalue weighted by Gasteiger charge is -2.38. The maximum atomic E-state index is 13.8. The smallest absolute Gasteiger partial charge is 0.244 e. The van der Waals surface area contributed by atoms with Crippen LogP contribution >= 0.6 is 36.4 Å². The third kappa shape index (κ3) is 6.63. The van der Waals surface area contributed by atoms with Crippen LogP contribution in [-0.2, 0) is 4.79 Å². The number of aromatic nitrogens is 3. The number of amides is 1. The van der Waals surface area contributed by atoms with Gasteiger partial charge < -0.3 is 19.9 Å². The van der Waals surface area contributed by atoms with Gasteiger partial charge in [0.05, 0.1) is 18.7 Å². The van der Waals surface area contributed by atoms with Crippen LogP contribution in [-0.4, -0.2) is 71.9 Å². The number of fused-ring (bicyclic) bond motifs is 1. The first kappa shape index (κ1) is 31.5. The van der Waals surface area contributed by atoms with Gasteiger partial charge in [-0.1, -0.05) is 67.9 Å². The highest BCUT2D eigenvalue weighted by Crippen LogP contribution is 2.40. The molecule has 0 aliphatic carbocycles. The van der Waals surface area contributed by atoms with E-state index in [1.807, 2.05) is 53.6 Å². The Morgan fingerprint density at radius 1 is 1.05 bits per heavy atom. The van der Waals surface area contributed by atoms with E-state index in [-0.39, 0.29) is 42.7 Å². The normalized spacial score (nSPS) is 14.0. The van der Waals surface area contributed by atoms with Gasteiger partial charge in [-0.05, 0) is 23.3 Å². The van der Waals surface area contributed by atoms with Gasteiger partial charge in [0, 0.05) is 55.5 Å². The lowest BCUT2D eigenvalue weighted by atomic mass is 9.96. The van der Waals surface area contributed by atoms with Crippen LogP contribution in [0.1, 0.15) is 25.3 Å². The molecule has 4 aromatic rings. The average Bonchev–Trinajstić information content (AvgIpc) is 3.37. The molecule has 1 saturated heterocycles. The first-order chi connectivity index (χ1) is 18.5. The van der Waals surface area contributed by atoms with Crippen molar-refractivity contribution in [2.45, 2.75) is 25.8 Å². The largest absolute Gasteiger partial charge is 0.479 e. The van der Waals surface area contributed by atoms with Gasteiger partial charge in [-0.25, -0.2) is 4.98 Å². The molecule has 2 N–H and O–H groups in total. The van der Waals surface area contributed by atoms with E-state index in [9.17, 15) is 4.79 Å². The minimum Gasteiger partial charge on any atom is -0.479 e. The monoisotopic (exact) mass is 604 g/mol. The van der Waals surface area contributed by atoms with E-state index in [1.165, 1.54) is 0 Å². The summed E-state index contributed by atoms with van der Waals surface area (Å²) in [5.41, 5.74) is 4.76. The summed E-state index contributed by atoms with van der Waals surface area (Å²) < 4.78 is 5.59. The molecule has 2 aromatic heterocycles. The molecule has 2 aromatic carbocycles. The number of halogens is 3. The molecule has 1 aliphatic rings. The number of benzene rings is 2. The summed E-state index contributed by atoms with van der Waals surface area (Å²) in [5.74, 6) is 0.369. The zero-order chi connectivity index (χ0) is 26.6. The number of nitrogens with zero attached hydrogens (tertiary/aromatic N) is 4. The minimum absolute atomic E-state index is 0. The van der Waals surface area contributed by atoms with E-state index >= 15 is 0 Å². The zero-order valence-electron chi connectivity index (χ0n) is 22.8. The fraction of sp³-hybridized carbons (Fsp3) is 0.345. The van der Waals surface area contributed by atoms with Crippen LogP contribution in [0.15, 0.2) is 60.8 Å². The number of methoxy groups -OCH3 is 1. The molecule has 8 nitrogen and oxygen atoms in total. The summed E-state index contributed by atoms with van der Waals surface area (Å²) in [7, 11) is 1.62. The predicted octanol–water partition coefficient (Wildman–Crippen LogP) is 5.56. The van der Waals surface area contributed by atoms with Crippen molar-refractivity contribution in [3.8, 4) is 17.0 Å². The molecule has 214 valence electrons. The number of aromatic amines is 1. The highest BCUT2D eigenvalue weighted by molar-refractivity contribution is 6.30. The number of H-pyrrole nitrogens is 1. The van der Waals surface area contributed by atoms with Crippen molar-refractivity contribution in [1.82, 2.24) is 25.4 Å². The molecule has 1 atom stereocenters. The SMILES string of the molecule is COc1n[nH]c2ncc(-c3ccccc3)c(N3CCN(C(=O)C(CNC(C)C)c4ccc(Cl)cc4)CC3)c12.Cl.Cl. The number of rotatable bonds is 8. The number of carbonyl (C=O) groups is 1. The Bertz CT molecular complexity index is 1390. The number of ether oxygens (including phenoxy) is 1. The van der Waals surface area contributed by atoms with E-state index in [1.54, 1.807) is 7.11 Å². The fourth-order valence-corrected chi connectivity index (χ4v) is 5.15. The van der Waals surface area contributed by atoms with Crippen LogP contribution in [0.2, 0.25) is 5.02 Å². The Balaban J connectivity index is 0.00000220. The number of pyridine rings is 1. The van der Waals surface area contributed by atoms with Gasteiger partial charge in [0.15, 0.2) is 5.65 Å². The zero-order valence-corrected chi connectivity index (χ0v) is 25.2. The van der Waals surface area contributed by atoms with Crippen molar-refractivity contribution in [3.05, 3.63) is 71.4 Å². The number of anilines is 1. The Morgan fingerprint density at radius 3 is 2.35 bits per heavy atom. The lowest BCUT2D eigenvalue weighted by Crippen LogP contribution is -2.51. The fourth-order valence-electron chi connectivity index (χ4n) is 5.02. The van der Waals surface area contributed by atoms with Crippen LogP contribution in [0.3, 0.4) is 0 Å². The van der Waals surface area contributed by atoms with Gasteiger partial charge in [0.25, 0.3) is 0 Å².